The van der Waals surface area contributed by atoms with Gasteiger partial charge in [0, 0.05) is 25.9 Å². The number of rotatable bonds is 4. The van der Waals surface area contributed by atoms with Crippen LogP contribution in [0.25, 0.3) is 5.57 Å². The van der Waals surface area contributed by atoms with Crippen molar-refractivity contribution in [3.05, 3.63) is 40.1 Å². The van der Waals surface area contributed by atoms with Gasteiger partial charge in [-0.25, -0.2) is 4.79 Å². The van der Waals surface area contributed by atoms with E-state index in [-0.39, 0.29) is 24.5 Å². The summed E-state index contributed by atoms with van der Waals surface area (Å²) in [6.07, 6.45) is 5.03. The zero-order valence-electron chi connectivity index (χ0n) is 20.5. The Morgan fingerprint density at radius 3 is 2.18 bits per heavy atom. The molecule has 8 heteroatoms. The summed E-state index contributed by atoms with van der Waals surface area (Å²) in [5, 5.41) is 0. The van der Waals surface area contributed by atoms with Gasteiger partial charge in [0.1, 0.15) is 11.3 Å². The standard InChI is InChI=1S/C26H36N2O6/c1-18-13-19(2)22(20(3)14-18)21(15-29)23(34-24(30)28-9-11-31-12-10-28)25(27)16-32-26(33-17-25)7-5-4-6-8-26/h13-15H,4-12,16-17,27H2,1-3H3/b23-21-. The third-order valence-corrected chi connectivity index (χ3v) is 7.02. The van der Waals surface area contributed by atoms with Crippen LogP contribution in [-0.2, 0) is 23.7 Å². The van der Waals surface area contributed by atoms with Gasteiger partial charge in [-0.1, -0.05) is 24.1 Å². The molecule has 2 heterocycles. The van der Waals surface area contributed by atoms with Gasteiger partial charge in [-0.3, -0.25) is 4.79 Å². The van der Waals surface area contributed by atoms with Crippen molar-refractivity contribution in [2.45, 2.75) is 64.2 Å². The molecule has 4 rings (SSSR count). The first-order chi connectivity index (χ1) is 16.3. The van der Waals surface area contributed by atoms with Crippen molar-refractivity contribution in [2.24, 2.45) is 5.73 Å². The first kappa shape index (κ1) is 24.9. The maximum Gasteiger partial charge on any atom is 0.415 e. The summed E-state index contributed by atoms with van der Waals surface area (Å²) in [6.45, 7) is 7.78. The molecule has 1 saturated carbocycles. The van der Waals surface area contributed by atoms with Crippen molar-refractivity contribution in [3.8, 4) is 0 Å². The van der Waals surface area contributed by atoms with Gasteiger partial charge in [-0.15, -0.1) is 0 Å². The number of hydrogen-bond acceptors (Lipinski definition) is 7. The average molecular weight is 473 g/mol. The van der Waals surface area contributed by atoms with Crippen molar-refractivity contribution in [2.75, 3.05) is 39.5 Å². The van der Waals surface area contributed by atoms with Crippen LogP contribution >= 0.6 is 0 Å². The van der Waals surface area contributed by atoms with E-state index in [1.54, 1.807) is 4.90 Å². The van der Waals surface area contributed by atoms with Crippen molar-refractivity contribution < 1.29 is 28.5 Å². The largest absolute Gasteiger partial charge is 0.415 e. The van der Waals surface area contributed by atoms with E-state index in [2.05, 4.69) is 0 Å². The van der Waals surface area contributed by atoms with E-state index < -0.39 is 17.4 Å². The molecule has 8 nitrogen and oxygen atoms in total. The molecular formula is C26H36N2O6. The molecule has 0 atom stereocenters. The summed E-state index contributed by atoms with van der Waals surface area (Å²) in [7, 11) is 0. The molecular weight excluding hydrogens is 436 g/mol. The predicted molar refractivity (Wildman–Crippen MR) is 127 cm³/mol. The SMILES string of the molecule is Cc1cc(C)c(/C(C=O)=C(\OC(=O)N2CCOCC2)C2(N)COC3(CCCCC3)OC2)c(C)c1. The highest BCUT2D eigenvalue weighted by molar-refractivity contribution is 6.10. The van der Waals surface area contributed by atoms with Crippen LogP contribution in [0.3, 0.4) is 0 Å². The van der Waals surface area contributed by atoms with E-state index in [1.165, 1.54) is 0 Å². The van der Waals surface area contributed by atoms with Crippen LogP contribution in [0.2, 0.25) is 0 Å². The zero-order chi connectivity index (χ0) is 24.3. The topological polar surface area (TPSA) is 100 Å². The van der Waals surface area contributed by atoms with E-state index in [0.29, 0.717) is 31.9 Å². The second-order valence-electron chi connectivity index (χ2n) is 9.81. The van der Waals surface area contributed by atoms with Crippen LogP contribution in [0, 0.1) is 20.8 Å². The first-order valence-electron chi connectivity index (χ1n) is 12.2. The van der Waals surface area contributed by atoms with E-state index in [9.17, 15) is 9.59 Å². The molecule has 1 aromatic carbocycles. The van der Waals surface area contributed by atoms with E-state index in [1.807, 2.05) is 32.9 Å². The molecule has 0 radical (unpaired) electrons. The Kier molecular flexibility index (Phi) is 7.42. The average Bonchev–Trinajstić information content (AvgIpc) is 2.83. The summed E-state index contributed by atoms with van der Waals surface area (Å²) in [4.78, 5) is 27.2. The third-order valence-electron chi connectivity index (χ3n) is 7.02. The highest BCUT2D eigenvalue weighted by Gasteiger charge is 2.48. The van der Waals surface area contributed by atoms with Gasteiger partial charge in [0.2, 0.25) is 0 Å². The van der Waals surface area contributed by atoms with Crippen molar-refractivity contribution in [1.82, 2.24) is 4.90 Å². The van der Waals surface area contributed by atoms with Gasteiger partial charge in [-0.2, -0.15) is 0 Å². The fourth-order valence-electron chi connectivity index (χ4n) is 5.27. The molecule has 0 unspecified atom stereocenters. The molecule has 186 valence electrons. The van der Waals surface area contributed by atoms with Crippen molar-refractivity contribution >= 4 is 18.0 Å². The third kappa shape index (κ3) is 5.05. The Morgan fingerprint density at radius 2 is 1.62 bits per heavy atom. The molecule has 3 fully saturated rings. The van der Waals surface area contributed by atoms with E-state index in [4.69, 9.17) is 24.7 Å². The Balaban J connectivity index is 1.73. The van der Waals surface area contributed by atoms with Crippen LogP contribution in [-0.4, -0.2) is 68.1 Å². The fourth-order valence-corrected chi connectivity index (χ4v) is 5.27. The molecule has 2 saturated heterocycles. The summed E-state index contributed by atoms with van der Waals surface area (Å²) >= 11 is 0. The predicted octanol–water partition coefficient (Wildman–Crippen LogP) is 3.40. The van der Waals surface area contributed by atoms with E-state index in [0.717, 1.165) is 55.1 Å². The van der Waals surface area contributed by atoms with Crippen LogP contribution in [0.15, 0.2) is 17.9 Å². The van der Waals surface area contributed by atoms with Crippen molar-refractivity contribution in [1.29, 1.82) is 0 Å². The fraction of sp³-hybridized carbons (Fsp3) is 0.615. The van der Waals surface area contributed by atoms with Crippen molar-refractivity contribution in [3.63, 3.8) is 0 Å². The minimum absolute atomic E-state index is 0.0969. The number of carbonyl (C=O) groups excluding carboxylic acids is 2. The maximum absolute atomic E-state index is 13.1. The molecule has 34 heavy (non-hydrogen) atoms. The summed E-state index contributed by atoms with van der Waals surface area (Å²) in [5.41, 5.74) is 9.41. The lowest BCUT2D eigenvalue weighted by molar-refractivity contribution is -0.296. The number of benzene rings is 1. The Bertz CT molecular complexity index is 927. The Labute approximate surface area is 201 Å². The number of nitrogens with two attached hydrogens (primary N) is 1. The molecule has 0 aromatic heterocycles. The highest BCUT2D eigenvalue weighted by Crippen LogP contribution is 2.40. The van der Waals surface area contributed by atoms with Gasteiger partial charge < -0.3 is 29.6 Å². The lowest BCUT2D eigenvalue weighted by Crippen LogP contribution is -2.61. The van der Waals surface area contributed by atoms with Gasteiger partial charge in [0.25, 0.3) is 0 Å². The molecule has 1 aliphatic carbocycles. The first-order valence-corrected chi connectivity index (χ1v) is 12.2. The van der Waals surface area contributed by atoms with Gasteiger partial charge >= 0.3 is 6.09 Å². The minimum Gasteiger partial charge on any atom is -0.412 e. The minimum atomic E-state index is -1.29. The van der Waals surface area contributed by atoms with E-state index >= 15 is 0 Å². The smallest absolute Gasteiger partial charge is 0.412 e. The lowest BCUT2D eigenvalue weighted by Gasteiger charge is -2.46. The van der Waals surface area contributed by atoms with Gasteiger partial charge in [0.05, 0.1) is 32.0 Å². The maximum atomic E-state index is 13.1. The summed E-state index contributed by atoms with van der Waals surface area (Å²) in [6, 6.07) is 4.00. The van der Waals surface area contributed by atoms with Crippen LogP contribution in [0.5, 0.6) is 0 Å². The number of nitrogens with zero attached hydrogens (tertiary/aromatic N) is 1. The number of amides is 1. The number of hydrogen-bond donors (Lipinski definition) is 1. The number of ether oxygens (including phenoxy) is 4. The second kappa shape index (κ2) is 10.2. The highest BCUT2D eigenvalue weighted by atomic mass is 16.7. The molecule has 2 N–H and O–H groups in total. The molecule has 3 aliphatic rings. The van der Waals surface area contributed by atoms with Crippen LogP contribution in [0.1, 0.15) is 54.4 Å². The molecule has 2 aliphatic heterocycles. The van der Waals surface area contributed by atoms with Gasteiger partial charge in [0.15, 0.2) is 12.1 Å². The second-order valence-corrected chi connectivity index (χ2v) is 9.81. The van der Waals surface area contributed by atoms with Crippen LogP contribution in [0.4, 0.5) is 4.79 Å². The Hall–Kier alpha value is -2.26. The summed E-state index contributed by atoms with van der Waals surface area (Å²) < 4.78 is 23.7. The lowest BCUT2D eigenvalue weighted by atomic mass is 9.86. The number of allylic oxidation sites excluding steroid dienone is 1. The monoisotopic (exact) mass is 472 g/mol. The Morgan fingerprint density at radius 1 is 1.03 bits per heavy atom. The quantitative estimate of drug-likeness (QED) is 0.407. The molecule has 0 bridgehead atoms. The van der Waals surface area contributed by atoms with Gasteiger partial charge in [-0.05, 0) is 50.3 Å². The zero-order valence-corrected chi connectivity index (χ0v) is 20.5. The number of aryl methyl sites for hydroxylation is 3. The molecule has 1 spiro atoms. The van der Waals surface area contributed by atoms with Crippen LogP contribution < -0.4 is 5.73 Å². The summed E-state index contributed by atoms with van der Waals surface area (Å²) in [5.74, 6) is -0.544. The number of aldehydes is 1. The molecule has 1 aromatic rings. The number of morpholine rings is 1. The number of carbonyl (C=O) groups is 2. The normalized spacial score (nSPS) is 22.8. The molecule has 1 amide bonds.